The minimum atomic E-state index is -0.122. The molecule has 0 aliphatic rings. The molecule has 27 heavy (non-hydrogen) atoms. The molecule has 1 N–H and O–H groups in total. The summed E-state index contributed by atoms with van der Waals surface area (Å²) in [4.78, 5) is 17.2. The van der Waals surface area contributed by atoms with Crippen molar-refractivity contribution in [3.8, 4) is 11.3 Å². The van der Waals surface area contributed by atoms with Crippen molar-refractivity contribution in [1.29, 1.82) is 0 Å². The van der Waals surface area contributed by atoms with Gasteiger partial charge in [-0.05, 0) is 30.2 Å². The normalized spacial score (nSPS) is 11.0. The number of rotatable bonds is 5. The van der Waals surface area contributed by atoms with Gasteiger partial charge in [-0.25, -0.2) is 4.52 Å². The van der Waals surface area contributed by atoms with Gasteiger partial charge in [0.1, 0.15) is 0 Å². The Morgan fingerprint density at radius 3 is 2.74 bits per heavy atom. The number of benzene rings is 2. The standard InChI is InChI=1S/C19H14Cl2N4OS/c20-13-7-8-14(15(21)10-13)16-11-27-19-23-18(24-25(16)19)22-17(26)9-6-12-4-2-1-3-5-12/h1-5,7-8,10-11H,6,9H2,(H,22,24,26). The van der Waals surface area contributed by atoms with Crippen LogP contribution in [0.2, 0.25) is 10.0 Å². The van der Waals surface area contributed by atoms with E-state index in [2.05, 4.69) is 15.4 Å². The summed E-state index contributed by atoms with van der Waals surface area (Å²) in [5.74, 6) is 0.162. The van der Waals surface area contributed by atoms with Gasteiger partial charge in [0.15, 0.2) is 0 Å². The van der Waals surface area contributed by atoms with Crippen LogP contribution in [0.1, 0.15) is 12.0 Å². The van der Waals surface area contributed by atoms with Crippen molar-refractivity contribution in [1.82, 2.24) is 14.6 Å². The van der Waals surface area contributed by atoms with E-state index in [9.17, 15) is 4.79 Å². The third kappa shape index (κ3) is 3.98. The van der Waals surface area contributed by atoms with Crippen LogP contribution in [0.5, 0.6) is 0 Å². The van der Waals surface area contributed by atoms with E-state index in [1.54, 1.807) is 16.6 Å². The summed E-state index contributed by atoms with van der Waals surface area (Å²) in [5.41, 5.74) is 2.72. The van der Waals surface area contributed by atoms with Crippen molar-refractivity contribution in [3.63, 3.8) is 0 Å². The van der Waals surface area contributed by atoms with Crippen molar-refractivity contribution in [2.75, 3.05) is 5.32 Å². The molecular weight excluding hydrogens is 403 g/mol. The number of halogens is 2. The van der Waals surface area contributed by atoms with Gasteiger partial charge in [0.2, 0.25) is 16.8 Å². The van der Waals surface area contributed by atoms with Gasteiger partial charge in [0.05, 0.1) is 10.7 Å². The van der Waals surface area contributed by atoms with Crippen molar-refractivity contribution in [3.05, 3.63) is 69.5 Å². The molecule has 0 radical (unpaired) electrons. The molecule has 0 unspecified atom stereocenters. The maximum Gasteiger partial charge on any atom is 0.250 e. The van der Waals surface area contributed by atoms with Crippen molar-refractivity contribution in [2.45, 2.75) is 12.8 Å². The minimum absolute atomic E-state index is 0.122. The van der Waals surface area contributed by atoms with Crippen molar-refractivity contribution < 1.29 is 4.79 Å². The number of carbonyl (C=O) groups excluding carboxylic acids is 1. The molecule has 0 atom stereocenters. The number of fused-ring (bicyclic) bond motifs is 1. The fourth-order valence-corrected chi connectivity index (χ4v) is 4.03. The molecule has 0 saturated carbocycles. The number of nitrogens with one attached hydrogen (secondary N) is 1. The van der Waals surface area contributed by atoms with Crippen LogP contribution in [-0.2, 0) is 11.2 Å². The first-order valence-electron chi connectivity index (χ1n) is 8.23. The van der Waals surface area contributed by atoms with Crippen LogP contribution in [0.25, 0.3) is 16.2 Å². The van der Waals surface area contributed by atoms with E-state index >= 15 is 0 Å². The number of hydrogen-bond donors (Lipinski definition) is 1. The highest BCUT2D eigenvalue weighted by Crippen LogP contribution is 2.33. The summed E-state index contributed by atoms with van der Waals surface area (Å²) in [5, 5.41) is 10.2. The van der Waals surface area contributed by atoms with Gasteiger partial charge >= 0.3 is 0 Å². The molecule has 8 heteroatoms. The third-order valence-corrected chi connectivity index (χ3v) is 5.39. The zero-order chi connectivity index (χ0) is 18.8. The predicted molar refractivity (Wildman–Crippen MR) is 110 cm³/mol. The molecule has 1 amide bonds. The Kier molecular flexibility index (Phi) is 5.11. The molecule has 0 aliphatic carbocycles. The summed E-state index contributed by atoms with van der Waals surface area (Å²) in [6.07, 6.45) is 1.03. The highest BCUT2D eigenvalue weighted by molar-refractivity contribution is 7.15. The predicted octanol–water partition coefficient (Wildman–Crippen LogP) is 5.34. The smallest absolute Gasteiger partial charge is 0.250 e. The van der Waals surface area contributed by atoms with Gasteiger partial charge in [-0.1, -0.05) is 53.5 Å². The van der Waals surface area contributed by atoms with E-state index < -0.39 is 0 Å². The number of anilines is 1. The van der Waals surface area contributed by atoms with Crippen LogP contribution in [0.15, 0.2) is 53.9 Å². The summed E-state index contributed by atoms with van der Waals surface area (Å²) in [7, 11) is 0. The quantitative estimate of drug-likeness (QED) is 0.477. The number of aromatic nitrogens is 3. The van der Waals surface area contributed by atoms with E-state index in [4.69, 9.17) is 23.2 Å². The summed E-state index contributed by atoms with van der Waals surface area (Å²) >= 11 is 13.7. The van der Waals surface area contributed by atoms with Crippen LogP contribution in [0.4, 0.5) is 5.95 Å². The minimum Gasteiger partial charge on any atom is -0.293 e. The Balaban J connectivity index is 1.51. The molecule has 5 nitrogen and oxygen atoms in total. The second kappa shape index (κ2) is 7.68. The fourth-order valence-electron chi connectivity index (χ4n) is 2.71. The molecular formula is C19H14Cl2N4OS. The molecule has 0 bridgehead atoms. The lowest BCUT2D eigenvalue weighted by molar-refractivity contribution is -0.116. The van der Waals surface area contributed by atoms with Crippen LogP contribution in [0, 0.1) is 0 Å². The van der Waals surface area contributed by atoms with Gasteiger partial charge in [-0.15, -0.1) is 16.4 Å². The molecule has 2 aromatic carbocycles. The van der Waals surface area contributed by atoms with Crippen LogP contribution < -0.4 is 5.32 Å². The molecule has 0 fully saturated rings. The second-order valence-corrected chi connectivity index (χ2v) is 7.59. The largest absolute Gasteiger partial charge is 0.293 e. The zero-order valence-corrected chi connectivity index (χ0v) is 16.4. The first-order valence-corrected chi connectivity index (χ1v) is 9.87. The molecule has 2 heterocycles. The molecule has 4 rings (SSSR count). The monoisotopic (exact) mass is 416 g/mol. The Hall–Kier alpha value is -2.41. The summed E-state index contributed by atoms with van der Waals surface area (Å²) < 4.78 is 1.67. The van der Waals surface area contributed by atoms with Crippen molar-refractivity contribution >= 4 is 51.4 Å². The number of amides is 1. The number of thiazole rings is 1. The Morgan fingerprint density at radius 2 is 1.96 bits per heavy atom. The van der Waals surface area contributed by atoms with E-state index in [0.717, 1.165) is 16.8 Å². The lowest BCUT2D eigenvalue weighted by Crippen LogP contribution is -2.13. The van der Waals surface area contributed by atoms with E-state index in [-0.39, 0.29) is 11.9 Å². The van der Waals surface area contributed by atoms with Crippen LogP contribution >= 0.6 is 34.5 Å². The lowest BCUT2D eigenvalue weighted by Gasteiger charge is -2.03. The maximum atomic E-state index is 12.2. The first kappa shape index (κ1) is 18.0. The average molecular weight is 417 g/mol. The summed E-state index contributed by atoms with van der Waals surface area (Å²) in [6, 6.07) is 15.2. The average Bonchev–Trinajstić information content (AvgIpc) is 3.21. The van der Waals surface area contributed by atoms with Gasteiger partial charge in [-0.3, -0.25) is 10.1 Å². The van der Waals surface area contributed by atoms with Gasteiger partial charge in [0.25, 0.3) is 0 Å². The van der Waals surface area contributed by atoms with Gasteiger partial charge < -0.3 is 0 Å². The highest BCUT2D eigenvalue weighted by Gasteiger charge is 2.15. The fraction of sp³-hybridized carbons (Fsp3) is 0.105. The van der Waals surface area contributed by atoms with E-state index in [1.165, 1.54) is 11.3 Å². The Bertz CT molecular complexity index is 1110. The SMILES string of the molecule is O=C(CCc1ccccc1)Nc1nc2scc(-c3ccc(Cl)cc3Cl)n2n1. The molecule has 0 saturated heterocycles. The first-order chi connectivity index (χ1) is 13.1. The Morgan fingerprint density at radius 1 is 1.15 bits per heavy atom. The van der Waals surface area contributed by atoms with Gasteiger partial charge in [0, 0.05) is 22.4 Å². The lowest BCUT2D eigenvalue weighted by atomic mass is 10.1. The second-order valence-electron chi connectivity index (χ2n) is 5.91. The van der Waals surface area contributed by atoms with Crippen LogP contribution in [-0.4, -0.2) is 20.5 Å². The highest BCUT2D eigenvalue weighted by atomic mass is 35.5. The number of nitrogens with zero attached hydrogens (tertiary/aromatic N) is 3. The summed E-state index contributed by atoms with van der Waals surface area (Å²) in [6.45, 7) is 0. The van der Waals surface area contributed by atoms with Crippen LogP contribution in [0.3, 0.4) is 0 Å². The van der Waals surface area contributed by atoms with Crippen molar-refractivity contribution in [2.24, 2.45) is 0 Å². The molecule has 0 spiro atoms. The van der Waals surface area contributed by atoms with Gasteiger partial charge in [-0.2, -0.15) is 4.98 Å². The molecule has 4 aromatic rings. The number of carbonyl (C=O) groups is 1. The Labute approximate surface area is 169 Å². The molecule has 2 aromatic heterocycles. The zero-order valence-electron chi connectivity index (χ0n) is 14.0. The topological polar surface area (TPSA) is 59.3 Å². The molecule has 136 valence electrons. The number of aryl methyl sites for hydroxylation is 1. The third-order valence-electron chi connectivity index (χ3n) is 4.02. The van der Waals surface area contributed by atoms with E-state index in [0.29, 0.717) is 27.8 Å². The molecule has 0 aliphatic heterocycles. The van der Waals surface area contributed by atoms with E-state index in [1.807, 2.05) is 41.8 Å². The number of hydrogen-bond acceptors (Lipinski definition) is 4. The maximum absolute atomic E-state index is 12.2.